The number of carbonyl (C=O) groups excluding carboxylic acids is 2. The first-order valence-corrected chi connectivity index (χ1v) is 7.98. The van der Waals surface area contributed by atoms with Crippen LogP contribution >= 0.6 is 34.2 Å². The fraction of sp³-hybridized carbons (Fsp3) is 0.125. The first-order chi connectivity index (χ1) is 10.5. The summed E-state index contributed by atoms with van der Waals surface area (Å²) >= 11 is 7.94. The smallest absolute Gasteiger partial charge is 0.255 e. The second-order valence-electron chi connectivity index (χ2n) is 4.70. The van der Waals surface area contributed by atoms with Crippen LogP contribution in [0.5, 0.6) is 0 Å². The van der Waals surface area contributed by atoms with Gasteiger partial charge in [-0.05, 0) is 52.9 Å². The van der Waals surface area contributed by atoms with E-state index in [2.05, 4.69) is 27.9 Å². The molecule has 0 aliphatic heterocycles. The van der Waals surface area contributed by atoms with Gasteiger partial charge in [-0.3, -0.25) is 9.59 Å². The fourth-order valence-electron chi connectivity index (χ4n) is 1.88. The first kappa shape index (κ1) is 16.8. The normalized spacial score (nSPS) is 10.1. The van der Waals surface area contributed by atoms with Crippen LogP contribution in [0.3, 0.4) is 0 Å². The number of hydrogen-bond donors (Lipinski definition) is 1. The summed E-state index contributed by atoms with van der Waals surface area (Å²) in [7, 11) is 1.59. The van der Waals surface area contributed by atoms with Gasteiger partial charge in [-0.2, -0.15) is 0 Å². The molecule has 0 fully saturated rings. The lowest BCUT2D eigenvalue weighted by molar-refractivity contribution is -0.116. The van der Waals surface area contributed by atoms with Crippen LogP contribution in [0.1, 0.15) is 10.4 Å². The van der Waals surface area contributed by atoms with E-state index in [4.69, 9.17) is 11.6 Å². The largest absolute Gasteiger partial charge is 0.332 e. The van der Waals surface area contributed by atoms with Crippen LogP contribution in [0, 0.1) is 3.57 Å². The van der Waals surface area contributed by atoms with Gasteiger partial charge in [0.1, 0.15) is 0 Å². The molecule has 2 rings (SSSR count). The Hall–Kier alpha value is -1.60. The summed E-state index contributed by atoms with van der Waals surface area (Å²) in [5, 5.41) is 3.32. The summed E-state index contributed by atoms with van der Waals surface area (Å²) in [5.41, 5.74) is 1.23. The van der Waals surface area contributed by atoms with Crippen molar-refractivity contribution in [3.63, 3.8) is 0 Å². The molecule has 0 bridgehead atoms. The van der Waals surface area contributed by atoms with Gasteiger partial charge in [0.05, 0.1) is 12.1 Å². The molecule has 0 aliphatic rings. The molecule has 114 valence electrons. The van der Waals surface area contributed by atoms with E-state index in [1.165, 1.54) is 4.90 Å². The minimum absolute atomic E-state index is 0.0214. The summed E-state index contributed by atoms with van der Waals surface area (Å²) in [6, 6.07) is 14.2. The number of benzene rings is 2. The molecule has 2 amide bonds. The maximum absolute atomic E-state index is 12.4. The molecule has 0 atom stereocenters. The fourth-order valence-corrected chi connectivity index (χ4v) is 2.98. The van der Waals surface area contributed by atoms with E-state index in [0.29, 0.717) is 16.3 Å². The van der Waals surface area contributed by atoms with Gasteiger partial charge in [-0.1, -0.05) is 29.8 Å². The molecular formula is C16H14ClIN2O2. The molecule has 4 nitrogen and oxygen atoms in total. The van der Waals surface area contributed by atoms with Gasteiger partial charge in [0.2, 0.25) is 5.91 Å². The lowest BCUT2D eigenvalue weighted by Crippen LogP contribution is -2.35. The van der Waals surface area contributed by atoms with E-state index < -0.39 is 0 Å². The number of para-hydroxylation sites is 1. The maximum atomic E-state index is 12.4. The maximum Gasteiger partial charge on any atom is 0.255 e. The molecule has 0 aromatic heterocycles. The van der Waals surface area contributed by atoms with Crippen LogP contribution in [0.25, 0.3) is 0 Å². The van der Waals surface area contributed by atoms with Gasteiger partial charge in [0, 0.05) is 21.3 Å². The second-order valence-corrected chi connectivity index (χ2v) is 6.30. The zero-order chi connectivity index (χ0) is 16.1. The van der Waals surface area contributed by atoms with E-state index in [1.807, 2.05) is 18.2 Å². The van der Waals surface area contributed by atoms with E-state index >= 15 is 0 Å². The van der Waals surface area contributed by atoms with Crippen LogP contribution in [0.4, 0.5) is 5.69 Å². The lowest BCUT2D eigenvalue weighted by atomic mass is 10.2. The summed E-state index contributed by atoms with van der Waals surface area (Å²) in [6.07, 6.45) is 0. The molecule has 0 saturated heterocycles. The zero-order valence-electron chi connectivity index (χ0n) is 11.8. The van der Waals surface area contributed by atoms with Crippen molar-refractivity contribution in [2.75, 3.05) is 18.9 Å². The van der Waals surface area contributed by atoms with Gasteiger partial charge in [0.15, 0.2) is 0 Å². The van der Waals surface area contributed by atoms with Crippen LogP contribution in [-0.2, 0) is 4.79 Å². The zero-order valence-corrected chi connectivity index (χ0v) is 14.8. The standard InChI is InChI=1S/C16H14ClIN2O2/c1-20(10-15(21)19-12-5-3-2-4-6-12)16(22)13-8-7-11(17)9-14(13)18/h2-9H,10H2,1H3,(H,19,21). The highest BCUT2D eigenvalue weighted by Crippen LogP contribution is 2.19. The second kappa shape index (κ2) is 7.60. The summed E-state index contributed by atoms with van der Waals surface area (Å²) in [6.45, 7) is -0.0214. The predicted molar refractivity (Wildman–Crippen MR) is 96.2 cm³/mol. The van der Waals surface area contributed by atoms with E-state index in [0.717, 1.165) is 3.57 Å². The Balaban J connectivity index is 2.00. The van der Waals surface area contributed by atoms with Crippen molar-refractivity contribution in [2.45, 2.75) is 0 Å². The quantitative estimate of drug-likeness (QED) is 0.756. The number of likely N-dealkylation sites (N-methyl/N-ethyl adjacent to an activating group) is 1. The van der Waals surface area contributed by atoms with Crippen LogP contribution in [0.2, 0.25) is 5.02 Å². The number of anilines is 1. The van der Waals surface area contributed by atoms with Crippen molar-refractivity contribution >= 4 is 51.7 Å². The van der Waals surface area contributed by atoms with Crippen molar-refractivity contribution < 1.29 is 9.59 Å². The Morgan fingerprint density at radius 1 is 1.18 bits per heavy atom. The molecule has 6 heteroatoms. The lowest BCUT2D eigenvalue weighted by Gasteiger charge is -2.17. The van der Waals surface area contributed by atoms with Crippen molar-refractivity contribution in [3.05, 3.63) is 62.7 Å². The monoisotopic (exact) mass is 428 g/mol. The summed E-state index contributed by atoms with van der Waals surface area (Å²) < 4.78 is 0.755. The highest BCUT2D eigenvalue weighted by Gasteiger charge is 2.17. The molecule has 0 saturated carbocycles. The van der Waals surface area contributed by atoms with Crippen molar-refractivity contribution in [1.82, 2.24) is 4.90 Å². The minimum Gasteiger partial charge on any atom is -0.332 e. The molecule has 1 N–H and O–H groups in total. The number of rotatable bonds is 4. The number of nitrogens with one attached hydrogen (secondary N) is 1. The van der Waals surface area contributed by atoms with E-state index in [1.54, 1.807) is 37.4 Å². The van der Waals surface area contributed by atoms with Gasteiger partial charge in [-0.15, -0.1) is 0 Å². The van der Waals surface area contributed by atoms with Crippen LogP contribution < -0.4 is 5.32 Å². The third kappa shape index (κ3) is 4.45. The first-order valence-electron chi connectivity index (χ1n) is 6.53. The predicted octanol–water partition coefficient (Wildman–Crippen LogP) is 3.66. The van der Waals surface area contributed by atoms with Crippen LogP contribution in [-0.4, -0.2) is 30.3 Å². The number of halogens is 2. The molecule has 0 radical (unpaired) electrons. The number of nitrogens with zero attached hydrogens (tertiary/aromatic N) is 1. The molecule has 0 unspecified atom stereocenters. The van der Waals surface area contributed by atoms with Crippen molar-refractivity contribution in [3.8, 4) is 0 Å². The number of carbonyl (C=O) groups is 2. The average Bonchev–Trinajstić information content (AvgIpc) is 2.47. The third-order valence-electron chi connectivity index (χ3n) is 2.95. The summed E-state index contributed by atoms with van der Waals surface area (Å²) in [5.74, 6) is -0.463. The molecule has 0 aliphatic carbocycles. The third-order valence-corrected chi connectivity index (χ3v) is 4.07. The topological polar surface area (TPSA) is 49.4 Å². The highest BCUT2D eigenvalue weighted by atomic mass is 127. The molecule has 2 aromatic rings. The number of amides is 2. The van der Waals surface area contributed by atoms with Crippen LogP contribution in [0.15, 0.2) is 48.5 Å². The van der Waals surface area contributed by atoms with Gasteiger partial charge in [0.25, 0.3) is 5.91 Å². The average molecular weight is 429 g/mol. The molecule has 0 spiro atoms. The molecule has 22 heavy (non-hydrogen) atoms. The Labute approximate surface area is 147 Å². The highest BCUT2D eigenvalue weighted by molar-refractivity contribution is 14.1. The molecule has 0 heterocycles. The van der Waals surface area contributed by atoms with Crippen molar-refractivity contribution in [2.24, 2.45) is 0 Å². The molecule has 2 aromatic carbocycles. The molecular weight excluding hydrogens is 415 g/mol. The van der Waals surface area contributed by atoms with E-state index in [-0.39, 0.29) is 18.4 Å². The minimum atomic E-state index is -0.244. The Morgan fingerprint density at radius 3 is 2.50 bits per heavy atom. The Morgan fingerprint density at radius 2 is 1.86 bits per heavy atom. The SMILES string of the molecule is CN(CC(=O)Nc1ccccc1)C(=O)c1ccc(Cl)cc1I. The Bertz CT molecular complexity index is 692. The summed E-state index contributed by atoms with van der Waals surface area (Å²) in [4.78, 5) is 25.7. The van der Waals surface area contributed by atoms with Gasteiger partial charge < -0.3 is 10.2 Å². The Kier molecular flexibility index (Phi) is 5.79. The van der Waals surface area contributed by atoms with E-state index in [9.17, 15) is 9.59 Å². The van der Waals surface area contributed by atoms with Gasteiger partial charge >= 0.3 is 0 Å². The van der Waals surface area contributed by atoms with Gasteiger partial charge in [-0.25, -0.2) is 0 Å². The van der Waals surface area contributed by atoms with Crippen molar-refractivity contribution in [1.29, 1.82) is 0 Å². The number of hydrogen-bond acceptors (Lipinski definition) is 2.